The van der Waals surface area contributed by atoms with E-state index >= 15 is 0 Å². The zero-order valence-electron chi connectivity index (χ0n) is 13.2. The van der Waals surface area contributed by atoms with E-state index in [1.54, 1.807) is 38.5 Å². The number of hydrogen-bond donors (Lipinski definition) is 1. The molecule has 1 aromatic heterocycles. The van der Waals surface area contributed by atoms with E-state index in [1.807, 2.05) is 6.07 Å². The summed E-state index contributed by atoms with van der Waals surface area (Å²) in [4.78, 5) is 0.197. The molecule has 0 aliphatic carbocycles. The van der Waals surface area contributed by atoms with Gasteiger partial charge in [-0.15, -0.1) is 0 Å². The van der Waals surface area contributed by atoms with Crippen LogP contribution < -0.4 is 9.46 Å². The third-order valence-corrected chi connectivity index (χ3v) is 4.74. The predicted molar refractivity (Wildman–Crippen MR) is 86.0 cm³/mol. The van der Waals surface area contributed by atoms with Gasteiger partial charge in [0, 0.05) is 19.6 Å². The summed E-state index contributed by atoms with van der Waals surface area (Å²) >= 11 is 0. The largest absolute Gasteiger partial charge is 0.491 e. The first-order valence-corrected chi connectivity index (χ1v) is 8.76. The lowest BCUT2D eigenvalue weighted by molar-refractivity contribution is 0.146. The van der Waals surface area contributed by atoms with Gasteiger partial charge in [0.25, 0.3) is 0 Å². The van der Waals surface area contributed by atoms with E-state index in [4.69, 9.17) is 13.9 Å². The van der Waals surface area contributed by atoms with E-state index < -0.39 is 10.0 Å². The lowest BCUT2D eigenvalue weighted by Gasteiger charge is -2.13. The molecular formula is C16H21NO5S. The molecule has 0 amide bonds. The maximum atomic E-state index is 12.3. The number of methoxy groups -OCH3 is 1. The molecule has 0 unspecified atom stereocenters. The van der Waals surface area contributed by atoms with Crippen LogP contribution in [-0.2, 0) is 21.2 Å². The molecular weight excluding hydrogens is 318 g/mol. The molecule has 0 saturated heterocycles. The first-order chi connectivity index (χ1) is 11.0. The van der Waals surface area contributed by atoms with Gasteiger partial charge >= 0.3 is 0 Å². The van der Waals surface area contributed by atoms with Crippen LogP contribution in [0.3, 0.4) is 0 Å². The van der Waals surface area contributed by atoms with E-state index in [9.17, 15) is 8.42 Å². The summed E-state index contributed by atoms with van der Waals surface area (Å²) in [7, 11) is -1.98. The molecule has 23 heavy (non-hydrogen) atoms. The first-order valence-electron chi connectivity index (χ1n) is 7.28. The second-order valence-electron chi connectivity index (χ2n) is 5.12. The van der Waals surface area contributed by atoms with Crippen LogP contribution in [-0.4, -0.2) is 34.8 Å². The normalized spacial score (nSPS) is 13.0. The van der Waals surface area contributed by atoms with Crippen LogP contribution >= 0.6 is 0 Å². The Labute approximate surface area is 136 Å². The van der Waals surface area contributed by atoms with Crippen LogP contribution in [0.5, 0.6) is 5.75 Å². The van der Waals surface area contributed by atoms with Gasteiger partial charge in [0.1, 0.15) is 18.1 Å². The highest BCUT2D eigenvalue weighted by molar-refractivity contribution is 7.89. The van der Waals surface area contributed by atoms with Crippen molar-refractivity contribution in [3.8, 4) is 5.75 Å². The standard InChI is InChI=1S/C16H21NO5S/c1-13(12-15-4-3-9-21-15)17-23(18,19)16-7-5-14(6-8-16)22-11-10-20-2/h3-9,13,17H,10-12H2,1-2H3/t13-/m0/s1. The summed E-state index contributed by atoms with van der Waals surface area (Å²) in [5.74, 6) is 1.34. The maximum absolute atomic E-state index is 12.3. The smallest absolute Gasteiger partial charge is 0.240 e. The molecule has 0 fully saturated rings. The van der Waals surface area contributed by atoms with Gasteiger partial charge in [-0.3, -0.25) is 0 Å². The molecule has 1 atom stereocenters. The predicted octanol–water partition coefficient (Wildman–Crippen LogP) is 2.21. The molecule has 6 nitrogen and oxygen atoms in total. The number of ether oxygens (including phenoxy) is 2. The Bertz CT molecular complexity index is 680. The van der Waals surface area contributed by atoms with Gasteiger partial charge in [-0.05, 0) is 43.3 Å². The molecule has 0 aliphatic rings. The monoisotopic (exact) mass is 339 g/mol. The molecule has 2 aromatic rings. The van der Waals surface area contributed by atoms with Gasteiger partial charge in [-0.1, -0.05) is 0 Å². The summed E-state index contributed by atoms with van der Waals surface area (Å²) in [5.41, 5.74) is 0. The van der Waals surface area contributed by atoms with Crippen LogP contribution in [0.1, 0.15) is 12.7 Å². The van der Waals surface area contributed by atoms with Crippen molar-refractivity contribution in [2.75, 3.05) is 20.3 Å². The Morgan fingerprint density at radius 2 is 1.91 bits per heavy atom. The van der Waals surface area contributed by atoms with Crippen LogP contribution in [0.25, 0.3) is 0 Å². The van der Waals surface area contributed by atoms with Crippen LogP contribution in [0.2, 0.25) is 0 Å². The van der Waals surface area contributed by atoms with Crippen molar-refractivity contribution >= 4 is 10.0 Å². The summed E-state index contributed by atoms with van der Waals surface area (Å²) < 4.78 is 42.8. The summed E-state index contributed by atoms with van der Waals surface area (Å²) in [6.45, 7) is 2.69. The van der Waals surface area contributed by atoms with Crippen molar-refractivity contribution in [2.45, 2.75) is 24.3 Å². The number of hydrogen-bond acceptors (Lipinski definition) is 5. The average molecular weight is 339 g/mol. The molecule has 2 rings (SSSR count). The zero-order chi connectivity index (χ0) is 16.7. The van der Waals surface area contributed by atoms with Crippen molar-refractivity contribution in [3.63, 3.8) is 0 Å². The number of furan rings is 1. The molecule has 7 heteroatoms. The molecule has 0 radical (unpaired) electrons. The molecule has 0 saturated carbocycles. The van der Waals surface area contributed by atoms with Gasteiger partial charge in [-0.25, -0.2) is 13.1 Å². The van der Waals surface area contributed by atoms with Gasteiger partial charge in [0.05, 0.1) is 17.8 Å². The van der Waals surface area contributed by atoms with Crippen molar-refractivity contribution < 1.29 is 22.3 Å². The van der Waals surface area contributed by atoms with Crippen LogP contribution in [0.4, 0.5) is 0 Å². The Kier molecular flexibility index (Phi) is 6.20. The quantitative estimate of drug-likeness (QED) is 0.709. The molecule has 0 spiro atoms. The van der Waals surface area contributed by atoms with Crippen molar-refractivity contribution in [1.29, 1.82) is 0 Å². The second kappa shape index (κ2) is 8.14. The average Bonchev–Trinajstić information content (AvgIpc) is 3.00. The SMILES string of the molecule is COCCOc1ccc(S(=O)(=O)N[C@@H](C)Cc2ccco2)cc1. The zero-order valence-corrected chi connectivity index (χ0v) is 14.0. The minimum absolute atomic E-state index is 0.197. The number of sulfonamides is 1. The Morgan fingerprint density at radius 3 is 2.52 bits per heavy atom. The lowest BCUT2D eigenvalue weighted by atomic mass is 10.2. The van der Waals surface area contributed by atoms with E-state index in [-0.39, 0.29) is 10.9 Å². The third kappa shape index (κ3) is 5.38. The van der Waals surface area contributed by atoms with Crippen molar-refractivity contribution in [3.05, 3.63) is 48.4 Å². The number of benzene rings is 1. The molecule has 1 aromatic carbocycles. The summed E-state index contributed by atoms with van der Waals surface area (Å²) in [6, 6.07) is 9.61. The molecule has 1 heterocycles. The minimum atomic E-state index is -3.58. The highest BCUT2D eigenvalue weighted by Gasteiger charge is 2.18. The van der Waals surface area contributed by atoms with E-state index in [0.717, 1.165) is 5.76 Å². The highest BCUT2D eigenvalue weighted by Crippen LogP contribution is 2.16. The fraction of sp³-hybridized carbons (Fsp3) is 0.375. The summed E-state index contributed by atoms with van der Waals surface area (Å²) in [5, 5.41) is 0. The minimum Gasteiger partial charge on any atom is -0.491 e. The van der Waals surface area contributed by atoms with Crippen LogP contribution in [0.15, 0.2) is 52.0 Å². The van der Waals surface area contributed by atoms with E-state index in [2.05, 4.69) is 4.72 Å². The number of nitrogens with one attached hydrogen (secondary N) is 1. The van der Waals surface area contributed by atoms with E-state index in [1.165, 1.54) is 12.1 Å². The van der Waals surface area contributed by atoms with Gasteiger partial charge in [-0.2, -0.15) is 0 Å². The van der Waals surface area contributed by atoms with Gasteiger partial charge in [0.15, 0.2) is 0 Å². The molecule has 0 aliphatic heterocycles. The second-order valence-corrected chi connectivity index (χ2v) is 6.83. The van der Waals surface area contributed by atoms with Gasteiger partial charge < -0.3 is 13.9 Å². The Balaban J connectivity index is 1.95. The number of rotatable bonds is 9. The topological polar surface area (TPSA) is 77.8 Å². The Hall–Kier alpha value is -1.83. The molecule has 126 valence electrons. The van der Waals surface area contributed by atoms with E-state index in [0.29, 0.717) is 25.4 Å². The molecule has 0 bridgehead atoms. The van der Waals surface area contributed by atoms with Crippen molar-refractivity contribution in [2.24, 2.45) is 0 Å². The Morgan fingerprint density at radius 1 is 1.17 bits per heavy atom. The fourth-order valence-electron chi connectivity index (χ4n) is 2.06. The van der Waals surface area contributed by atoms with Gasteiger partial charge in [0.2, 0.25) is 10.0 Å². The first kappa shape index (κ1) is 17.5. The third-order valence-electron chi connectivity index (χ3n) is 3.13. The van der Waals surface area contributed by atoms with Crippen LogP contribution in [0, 0.1) is 0 Å². The summed E-state index contributed by atoms with van der Waals surface area (Å²) in [6.07, 6.45) is 2.06. The lowest BCUT2D eigenvalue weighted by Crippen LogP contribution is -2.34. The fourth-order valence-corrected chi connectivity index (χ4v) is 3.31. The van der Waals surface area contributed by atoms with Crippen molar-refractivity contribution in [1.82, 2.24) is 4.72 Å². The maximum Gasteiger partial charge on any atom is 0.240 e. The highest BCUT2D eigenvalue weighted by atomic mass is 32.2. The molecule has 1 N–H and O–H groups in total.